The average molecular weight is 225 g/mol. The molecule has 0 saturated heterocycles. The molecule has 0 amide bonds. The highest BCUT2D eigenvalue weighted by Gasteiger charge is 2.16. The van der Waals surface area contributed by atoms with Gasteiger partial charge in [-0.1, -0.05) is 29.8 Å². The molecule has 0 fully saturated rings. The average Bonchev–Trinajstić information content (AvgIpc) is 2.75. The lowest BCUT2D eigenvalue weighted by molar-refractivity contribution is 0.228. The van der Waals surface area contributed by atoms with Crippen LogP contribution in [0.25, 0.3) is 0 Å². The largest absolute Gasteiger partial charge is 0.394 e. The normalized spacial score (nSPS) is 12.7. The van der Waals surface area contributed by atoms with Crippen molar-refractivity contribution < 1.29 is 5.11 Å². The highest BCUT2D eigenvalue weighted by atomic mass is 35.5. The van der Waals surface area contributed by atoms with E-state index in [1.165, 1.54) is 11.1 Å². The van der Waals surface area contributed by atoms with E-state index in [1.54, 1.807) is 6.07 Å². The first-order valence-corrected chi connectivity index (χ1v) is 4.78. The molecule has 0 spiro atoms. The van der Waals surface area contributed by atoms with Crippen LogP contribution in [0.15, 0.2) is 30.6 Å². The molecule has 0 aliphatic rings. The molecular formula is C9H9ClN4O. The molecule has 1 N–H and O–H groups in total. The van der Waals surface area contributed by atoms with Crippen molar-refractivity contribution in [1.29, 1.82) is 0 Å². The minimum atomic E-state index is -0.388. The van der Waals surface area contributed by atoms with Crippen molar-refractivity contribution in [2.24, 2.45) is 0 Å². The lowest BCUT2D eigenvalue weighted by Crippen LogP contribution is -2.18. The Hall–Kier alpha value is -1.46. The minimum absolute atomic E-state index is 0.125. The van der Waals surface area contributed by atoms with Gasteiger partial charge in [-0.3, -0.25) is 0 Å². The van der Waals surface area contributed by atoms with E-state index in [0.717, 1.165) is 5.56 Å². The van der Waals surface area contributed by atoms with Gasteiger partial charge in [0.25, 0.3) is 0 Å². The SMILES string of the molecule is OC[C@@H](c1ccccc1Cl)n1ncnn1. The first-order valence-electron chi connectivity index (χ1n) is 4.40. The van der Waals surface area contributed by atoms with Crippen molar-refractivity contribution in [3.05, 3.63) is 41.2 Å². The zero-order chi connectivity index (χ0) is 10.7. The Bertz CT molecular complexity index is 431. The Labute approximate surface area is 91.3 Å². The lowest BCUT2D eigenvalue weighted by Gasteiger charge is -2.13. The molecule has 0 aliphatic carbocycles. The van der Waals surface area contributed by atoms with Crippen molar-refractivity contribution in [2.45, 2.75) is 6.04 Å². The van der Waals surface area contributed by atoms with Crippen molar-refractivity contribution in [3.63, 3.8) is 0 Å². The quantitative estimate of drug-likeness (QED) is 0.842. The molecule has 15 heavy (non-hydrogen) atoms. The number of aliphatic hydroxyl groups is 1. The predicted octanol–water partition coefficient (Wildman–Crippen LogP) is 0.908. The van der Waals surface area contributed by atoms with Gasteiger partial charge in [0.15, 0.2) is 6.33 Å². The maximum atomic E-state index is 9.29. The molecule has 5 nitrogen and oxygen atoms in total. The van der Waals surface area contributed by atoms with Gasteiger partial charge in [-0.25, -0.2) is 0 Å². The fraction of sp³-hybridized carbons (Fsp3) is 0.222. The van der Waals surface area contributed by atoms with Crippen LogP contribution in [0.5, 0.6) is 0 Å². The van der Waals surface area contributed by atoms with Crippen LogP contribution in [0.3, 0.4) is 0 Å². The zero-order valence-electron chi connectivity index (χ0n) is 7.79. The first kappa shape index (κ1) is 10.1. The molecule has 0 radical (unpaired) electrons. The minimum Gasteiger partial charge on any atom is -0.394 e. The van der Waals surface area contributed by atoms with Gasteiger partial charge in [0.05, 0.1) is 6.61 Å². The van der Waals surface area contributed by atoms with Gasteiger partial charge in [0.2, 0.25) is 0 Å². The van der Waals surface area contributed by atoms with E-state index in [-0.39, 0.29) is 12.6 Å². The number of hydrogen-bond donors (Lipinski definition) is 1. The van der Waals surface area contributed by atoms with Gasteiger partial charge in [-0.2, -0.15) is 4.80 Å². The Morgan fingerprint density at radius 2 is 2.20 bits per heavy atom. The molecule has 1 atom stereocenters. The zero-order valence-corrected chi connectivity index (χ0v) is 8.54. The summed E-state index contributed by atoms with van der Waals surface area (Å²) >= 11 is 6.01. The van der Waals surface area contributed by atoms with Gasteiger partial charge in [-0.15, -0.1) is 10.2 Å². The van der Waals surface area contributed by atoms with Crippen molar-refractivity contribution in [2.75, 3.05) is 6.61 Å². The third-order valence-corrected chi connectivity index (χ3v) is 2.42. The number of tetrazole rings is 1. The van der Waals surface area contributed by atoms with Crippen LogP contribution in [-0.2, 0) is 0 Å². The molecule has 78 valence electrons. The first-order chi connectivity index (χ1) is 7.33. The van der Waals surface area contributed by atoms with E-state index in [0.29, 0.717) is 5.02 Å². The number of aliphatic hydroxyl groups excluding tert-OH is 1. The second-order valence-electron chi connectivity index (χ2n) is 2.98. The molecule has 1 heterocycles. The molecule has 6 heteroatoms. The van der Waals surface area contributed by atoms with Crippen LogP contribution >= 0.6 is 11.6 Å². The Morgan fingerprint density at radius 3 is 2.80 bits per heavy atom. The number of aromatic nitrogens is 4. The summed E-state index contributed by atoms with van der Waals surface area (Å²) < 4.78 is 0. The van der Waals surface area contributed by atoms with Crippen molar-refractivity contribution in [3.8, 4) is 0 Å². The maximum absolute atomic E-state index is 9.29. The molecule has 1 aromatic heterocycles. The van der Waals surface area contributed by atoms with Crippen LogP contribution in [0.1, 0.15) is 11.6 Å². The van der Waals surface area contributed by atoms with E-state index in [2.05, 4.69) is 15.4 Å². The Morgan fingerprint density at radius 1 is 1.40 bits per heavy atom. The van der Waals surface area contributed by atoms with Gasteiger partial charge in [0.1, 0.15) is 6.04 Å². The molecule has 0 unspecified atom stereocenters. The number of benzene rings is 1. The molecule has 0 saturated carbocycles. The van der Waals surface area contributed by atoms with Crippen LogP contribution < -0.4 is 0 Å². The summed E-state index contributed by atoms with van der Waals surface area (Å²) in [5.74, 6) is 0. The number of rotatable bonds is 3. The fourth-order valence-electron chi connectivity index (χ4n) is 1.36. The summed E-state index contributed by atoms with van der Waals surface area (Å²) in [5.41, 5.74) is 0.777. The monoisotopic (exact) mass is 224 g/mol. The molecule has 2 rings (SSSR count). The highest BCUT2D eigenvalue weighted by Crippen LogP contribution is 2.23. The van der Waals surface area contributed by atoms with Crippen LogP contribution in [0.4, 0.5) is 0 Å². The van der Waals surface area contributed by atoms with Gasteiger partial charge >= 0.3 is 0 Å². The Kier molecular flexibility index (Phi) is 2.94. The smallest absolute Gasteiger partial charge is 0.162 e. The van der Waals surface area contributed by atoms with Gasteiger partial charge in [-0.05, 0) is 16.8 Å². The second-order valence-corrected chi connectivity index (χ2v) is 3.38. The van der Waals surface area contributed by atoms with Gasteiger partial charge < -0.3 is 5.11 Å². The summed E-state index contributed by atoms with van der Waals surface area (Å²) in [7, 11) is 0. The Balaban J connectivity index is 2.40. The summed E-state index contributed by atoms with van der Waals surface area (Å²) in [6.45, 7) is -0.125. The summed E-state index contributed by atoms with van der Waals surface area (Å²) in [6.07, 6.45) is 1.32. The highest BCUT2D eigenvalue weighted by molar-refractivity contribution is 6.31. The van der Waals surface area contributed by atoms with Gasteiger partial charge in [0, 0.05) is 5.02 Å². The fourth-order valence-corrected chi connectivity index (χ4v) is 1.62. The van der Waals surface area contributed by atoms with Crippen molar-refractivity contribution >= 4 is 11.6 Å². The topological polar surface area (TPSA) is 63.8 Å². The van der Waals surface area contributed by atoms with E-state index in [4.69, 9.17) is 11.6 Å². The van der Waals surface area contributed by atoms with E-state index < -0.39 is 0 Å². The van der Waals surface area contributed by atoms with E-state index >= 15 is 0 Å². The number of halogens is 1. The van der Waals surface area contributed by atoms with Crippen molar-refractivity contribution in [1.82, 2.24) is 20.2 Å². The summed E-state index contributed by atoms with van der Waals surface area (Å²) in [4.78, 5) is 1.33. The molecule has 2 aromatic rings. The number of nitrogens with zero attached hydrogens (tertiary/aromatic N) is 4. The standard InChI is InChI=1S/C9H9ClN4O/c10-8-4-2-1-3-7(8)9(5-15)14-12-6-11-13-14/h1-4,6,9,15H,5H2/t9-/m0/s1. The maximum Gasteiger partial charge on any atom is 0.162 e. The molecule has 0 bridgehead atoms. The van der Waals surface area contributed by atoms with Crippen LogP contribution in [0.2, 0.25) is 5.02 Å². The predicted molar refractivity (Wildman–Crippen MR) is 54.5 cm³/mol. The molecular weight excluding hydrogens is 216 g/mol. The van der Waals surface area contributed by atoms with Crippen LogP contribution in [-0.4, -0.2) is 31.9 Å². The molecule has 1 aromatic carbocycles. The van der Waals surface area contributed by atoms with E-state index in [1.807, 2.05) is 18.2 Å². The molecule has 0 aliphatic heterocycles. The third-order valence-electron chi connectivity index (χ3n) is 2.08. The lowest BCUT2D eigenvalue weighted by atomic mass is 10.1. The summed E-state index contributed by atoms with van der Waals surface area (Å²) in [5, 5.41) is 21.1. The van der Waals surface area contributed by atoms with E-state index in [9.17, 15) is 5.11 Å². The second kappa shape index (κ2) is 4.37. The third kappa shape index (κ3) is 1.98. The number of hydrogen-bond acceptors (Lipinski definition) is 4. The van der Waals surface area contributed by atoms with Crippen LogP contribution in [0, 0.1) is 0 Å². The summed E-state index contributed by atoms with van der Waals surface area (Å²) in [6, 6.07) is 6.88.